The average Bonchev–Trinajstić information content (AvgIpc) is 1.95. The van der Waals surface area contributed by atoms with Gasteiger partial charge in [-0.15, -0.1) is 0 Å². The molecule has 0 spiro atoms. The van der Waals surface area contributed by atoms with Gasteiger partial charge in [0.15, 0.2) is 0 Å². The van der Waals surface area contributed by atoms with Crippen LogP contribution in [0.5, 0.6) is 0 Å². The van der Waals surface area contributed by atoms with Crippen molar-refractivity contribution in [2.24, 2.45) is 0 Å². The number of hydrogen-bond acceptors (Lipinski definition) is 2. The van der Waals surface area contributed by atoms with Crippen molar-refractivity contribution in [2.75, 3.05) is 5.73 Å². The molecule has 1 aromatic rings. The van der Waals surface area contributed by atoms with Crippen molar-refractivity contribution in [3.63, 3.8) is 0 Å². The number of nitrogens with two attached hydrogens (primary N) is 1. The second-order valence-electron chi connectivity index (χ2n) is 3.66. The number of aryl methyl sites for hydroxylation is 1. The molecule has 1 fully saturated rings. The highest BCUT2D eigenvalue weighted by molar-refractivity contribution is 5.38. The maximum absolute atomic E-state index is 13.5. The second-order valence-corrected chi connectivity index (χ2v) is 3.66. The third-order valence-corrected chi connectivity index (χ3v) is 2.72. The number of nitrogen functional groups attached to an aromatic ring is 1. The Labute approximate surface area is 77.0 Å². The summed E-state index contributed by atoms with van der Waals surface area (Å²) >= 11 is 0. The van der Waals surface area contributed by atoms with Crippen LogP contribution in [-0.2, 0) is 0 Å². The van der Waals surface area contributed by atoms with Crippen LogP contribution in [0.15, 0.2) is 6.07 Å². The maximum Gasteiger partial charge on any atom is 0.148 e. The topological polar surface area (TPSA) is 38.9 Å². The summed E-state index contributed by atoms with van der Waals surface area (Å²) in [7, 11) is 0. The summed E-state index contributed by atoms with van der Waals surface area (Å²) in [5.74, 6) is 0.642. The molecule has 2 N–H and O–H groups in total. The molecule has 0 aromatic carbocycles. The SMILES string of the molecule is Cc1nc(N)cc(C2CCC2)c1F. The fraction of sp³-hybridized carbons (Fsp3) is 0.500. The van der Waals surface area contributed by atoms with Crippen LogP contribution in [0.2, 0.25) is 0 Å². The van der Waals surface area contributed by atoms with E-state index in [2.05, 4.69) is 4.98 Å². The average molecular weight is 180 g/mol. The second kappa shape index (κ2) is 2.98. The predicted molar refractivity (Wildman–Crippen MR) is 49.9 cm³/mol. The van der Waals surface area contributed by atoms with Gasteiger partial charge in [0.2, 0.25) is 0 Å². The van der Waals surface area contributed by atoms with Gasteiger partial charge in [-0.05, 0) is 37.3 Å². The summed E-state index contributed by atoms with van der Waals surface area (Å²) in [6, 6.07) is 1.67. The molecule has 0 bridgehead atoms. The molecular formula is C10H13FN2. The van der Waals surface area contributed by atoms with E-state index < -0.39 is 0 Å². The van der Waals surface area contributed by atoms with Crippen LogP contribution in [0.1, 0.15) is 36.4 Å². The maximum atomic E-state index is 13.5. The molecule has 0 radical (unpaired) electrons. The molecule has 0 aliphatic heterocycles. The monoisotopic (exact) mass is 180 g/mol. The lowest BCUT2D eigenvalue weighted by Gasteiger charge is -2.26. The molecule has 13 heavy (non-hydrogen) atoms. The summed E-state index contributed by atoms with van der Waals surface area (Å²) in [6.45, 7) is 1.66. The summed E-state index contributed by atoms with van der Waals surface area (Å²) in [6.07, 6.45) is 3.37. The van der Waals surface area contributed by atoms with E-state index in [-0.39, 0.29) is 5.82 Å². The van der Waals surface area contributed by atoms with Crippen molar-refractivity contribution in [2.45, 2.75) is 32.1 Å². The van der Waals surface area contributed by atoms with Crippen LogP contribution >= 0.6 is 0 Å². The number of aromatic nitrogens is 1. The quantitative estimate of drug-likeness (QED) is 0.720. The minimum atomic E-state index is -0.168. The molecule has 1 saturated carbocycles. The highest BCUT2D eigenvalue weighted by Crippen LogP contribution is 2.38. The highest BCUT2D eigenvalue weighted by atomic mass is 19.1. The Morgan fingerprint density at radius 3 is 2.77 bits per heavy atom. The summed E-state index contributed by atoms with van der Waals surface area (Å²) in [5.41, 5.74) is 6.75. The van der Waals surface area contributed by atoms with Gasteiger partial charge in [-0.25, -0.2) is 9.37 Å². The first kappa shape index (κ1) is 8.48. The van der Waals surface area contributed by atoms with Gasteiger partial charge in [-0.3, -0.25) is 0 Å². The van der Waals surface area contributed by atoms with Gasteiger partial charge in [-0.2, -0.15) is 0 Å². The number of pyridine rings is 1. The molecule has 0 saturated heterocycles. The van der Waals surface area contributed by atoms with Crippen LogP contribution < -0.4 is 5.73 Å². The first-order valence-corrected chi connectivity index (χ1v) is 4.61. The lowest BCUT2D eigenvalue weighted by atomic mass is 9.80. The van der Waals surface area contributed by atoms with Gasteiger partial charge < -0.3 is 5.73 Å². The van der Waals surface area contributed by atoms with Gasteiger partial charge in [-0.1, -0.05) is 6.42 Å². The van der Waals surface area contributed by atoms with Gasteiger partial charge in [0, 0.05) is 0 Å². The smallest absolute Gasteiger partial charge is 0.148 e. The van der Waals surface area contributed by atoms with Crippen molar-refractivity contribution in [1.29, 1.82) is 0 Å². The molecule has 1 aromatic heterocycles. The fourth-order valence-electron chi connectivity index (χ4n) is 1.72. The molecule has 0 atom stereocenters. The van der Waals surface area contributed by atoms with E-state index in [1.54, 1.807) is 13.0 Å². The summed E-state index contributed by atoms with van der Waals surface area (Å²) in [5, 5.41) is 0. The number of anilines is 1. The summed E-state index contributed by atoms with van der Waals surface area (Å²) in [4.78, 5) is 3.88. The Balaban J connectivity index is 2.42. The number of nitrogens with zero attached hydrogens (tertiary/aromatic N) is 1. The Hall–Kier alpha value is -1.12. The number of hydrogen-bond donors (Lipinski definition) is 1. The zero-order chi connectivity index (χ0) is 9.42. The van der Waals surface area contributed by atoms with E-state index in [9.17, 15) is 4.39 Å². The Bertz CT molecular complexity index is 332. The first-order chi connectivity index (χ1) is 6.18. The zero-order valence-corrected chi connectivity index (χ0v) is 7.68. The largest absolute Gasteiger partial charge is 0.384 e. The lowest BCUT2D eigenvalue weighted by molar-refractivity contribution is 0.402. The van der Waals surface area contributed by atoms with Crippen molar-refractivity contribution in [1.82, 2.24) is 4.98 Å². The molecule has 1 aliphatic carbocycles. The Morgan fingerprint density at radius 1 is 1.54 bits per heavy atom. The van der Waals surface area contributed by atoms with E-state index in [4.69, 9.17) is 5.73 Å². The van der Waals surface area contributed by atoms with Crippen molar-refractivity contribution < 1.29 is 4.39 Å². The Morgan fingerprint density at radius 2 is 2.23 bits per heavy atom. The van der Waals surface area contributed by atoms with E-state index in [1.807, 2.05) is 0 Å². The highest BCUT2D eigenvalue weighted by Gasteiger charge is 2.24. The van der Waals surface area contributed by atoms with Crippen molar-refractivity contribution in [3.05, 3.63) is 23.1 Å². The van der Waals surface area contributed by atoms with E-state index in [0.29, 0.717) is 17.4 Å². The molecule has 0 amide bonds. The van der Waals surface area contributed by atoms with Crippen LogP contribution in [0.3, 0.4) is 0 Å². The van der Waals surface area contributed by atoms with Gasteiger partial charge in [0.05, 0.1) is 5.69 Å². The molecule has 2 rings (SSSR count). The Kier molecular flexibility index (Phi) is 1.94. The normalized spacial score (nSPS) is 17.1. The van der Waals surface area contributed by atoms with Crippen molar-refractivity contribution in [3.8, 4) is 0 Å². The molecule has 70 valence electrons. The minimum Gasteiger partial charge on any atom is -0.384 e. The van der Waals surface area contributed by atoms with Crippen LogP contribution in [0, 0.1) is 12.7 Å². The van der Waals surface area contributed by atoms with E-state index >= 15 is 0 Å². The van der Waals surface area contributed by atoms with Gasteiger partial charge in [0.1, 0.15) is 11.6 Å². The van der Waals surface area contributed by atoms with Crippen LogP contribution in [0.25, 0.3) is 0 Å². The van der Waals surface area contributed by atoms with Crippen LogP contribution in [-0.4, -0.2) is 4.98 Å². The molecule has 3 heteroatoms. The molecular weight excluding hydrogens is 167 g/mol. The van der Waals surface area contributed by atoms with Gasteiger partial charge >= 0.3 is 0 Å². The molecule has 2 nitrogen and oxygen atoms in total. The molecule has 1 heterocycles. The van der Waals surface area contributed by atoms with Crippen LogP contribution in [0.4, 0.5) is 10.2 Å². The summed E-state index contributed by atoms with van der Waals surface area (Å²) < 4.78 is 13.5. The third kappa shape index (κ3) is 1.39. The number of halogens is 1. The number of rotatable bonds is 1. The van der Waals surface area contributed by atoms with Gasteiger partial charge in [0.25, 0.3) is 0 Å². The lowest BCUT2D eigenvalue weighted by Crippen LogP contribution is -2.12. The third-order valence-electron chi connectivity index (χ3n) is 2.72. The van der Waals surface area contributed by atoms with E-state index in [0.717, 1.165) is 18.4 Å². The first-order valence-electron chi connectivity index (χ1n) is 4.61. The minimum absolute atomic E-state index is 0.168. The predicted octanol–water partition coefficient (Wildman–Crippen LogP) is 2.38. The zero-order valence-electron chi connectivity index (χ0n) is 7.68. The standard InChI is InChI=1S/C10H13FN2/c1-6-10(11)8(5-9(12)13-6)7-3-2-4-7/h5,7H,2-4H2,1H3,(H2,12,13). The molecule has 0 unspecified atom stereocenters. The molecule has 1 aliphatic rings. The van der Waals surface area contributed by atoms with Crippen molar-refractivity contribution >= 4 is 5.82 Å². The van der Waals surface area contributed by atoms with E-state index in [1.165, 1.54) is 6.42 Å². The fourth-order valence-corrected chi connectivity index (χ4v) is 1.72.